The number of carbonyl (C=O) groups is 3. The average molecular weight is 527 g/mol. The highest BCUT2D eigenvalue weighted by atomic mass is 16.5. The number of nitrogens with zero attached hydrogens (tertiary/aromatic N) is 1. The number of ether oxygens (including phenoxy) is 2. The fourth-order valence-corrected chi connectivity index (χ4v) is 5.93. The molecule has 3 rings (SSSR count). The number of methoxy groups -OCH3 is 1. The number of carbonyl (C=O) groups excluding carboxylic acids is 3. The number of esters is 1. The van der Waals surface area contributed by atoms with Gasteiger partial charge in [-0.15, -0.1) is 0 Å². The topological polar surface area (TPSA) is 84.9 Å². The largest absolute Gasteiger partial charge is 0.496 e. The van der Waals surface area contributed by atoms with Crippen molar-refractivity contribution in [3.8, 4) is 5.75 Å². The Morgan fingerprint density at radius 3 is 2.63 bits per heavy atom. The molecule has 0 spiro atoms. The summed E-state index contributed by atoms with van der Waals surface area (Å²) in [5.74, 6) is -0.206. The molecule has 1 heterocycles. The first kappa shape index (κ1) is 29.7. The smallest absolute Gasteiger partial charge is 0.318 e. The van der Waals surface area contributed by atoms with Crippen molar-refractivity contribution < 1.29 is 23.9 Å². The Kier molecular flexibility index (Phi) is 11.7. The van der Waals surface area contributed by atoms with Gasteiger partial charge in [-0.3, -0.25) is 14.4 Å². The van der Waals surface area contributed by atoms with Crippen molar-refractivity contribution in [2.75, 3.05) is 26.8 Å². The molecule has 1 N–H and O–H groups in total. The first-order valence-corrected chi connectivity index (χ1v) is 14.5. The van der Waals surface area contributed by atoms with E-state index in [9.17, 15) is 14.4 Å². The average Bonchev–Trinajstić information content (AvgIpc) is 2.92. The number of fused-ring (bicyclic) bond motifs is 1. The SMILES string of the molecule is CCCCCCCCN1C(=O)[C@H](CC(=O)NCCc2ccccc2OC)C[C@@]2(C(=O)OCC)CCCC=C12. The summed E-state index contributed by atoms with van der Waals surface area (Å²) in [7, 11) is 1.64. The Morgan fingerprint density at radius 2 is 1.87 bits per heavy atom. The van der Waals surface area contributed by atoms with E-state index in [4.69, 9.17) is 9.47 Å². The van der Waals surface area contributed by atoms with Crippen LogP contribution in [0.15, 0.2) is 36.0 Å². The number of likely N-dealkylation sites (tertiary alicyclic amines) is 1. The summed E-state index contributed by atoms with van der Waals surface area (Å²) in [5, 5.41) is 2.98. The highest BCUT2D eigenvalue weighted by molar-refractivity contribution is 5.92. The molecule has 1 saturated heterocycles. The molecule has 1 aromatic carbocycles. The molecule has 1 aromatic rings. The number of nitrogens with one attached hydrogen (secondary N) is 1. The summed E-state index contributed by atoms with van der Waals surface area (Å²) >= 11 is 0. The summed E-state index contributed by atoms with van der Waals surface area (Å²) in [4.78, 5) is 41.9. The monoisotopic (exact) mass is 526 g/mol. The first-order chi connectivity index (χ1) is 18.5. The molecule has 0 bridgehead atoms. The zero-order valence-electron chi connectivity index (χ0n) is 23.6. The summed E-state index contributed by atoms with van der Waals surface area (Å²) < 4.78 is 11.0. The van der Waals surface area contributed by atoms with Gasteiger partial charge in [0.15, 0.2) is 0 Å². The Bertz CT molecular complexity index is 975. The Hall–Kier alpha value is -2.83. The van der Waals surface area contributed by atoms with Gasteiger partial charge in [0.05, 0.1) is 13.7 Å². The standard InChI is InChI=1S/C31H46N2O5/c1-4-6-7-8-9-14-21-33-27-17-12-13-19-31(27,30(36)38-5-2)23-25(29(33)35)22-28(34)32-20-18-24-15-10-11-16-26(24)37-3/h10-11,15-17,25H,4-9,12-14,18-23H2,1-3H3,(H,32,34)/t25-,31+/m1/s1. The number of amides is 2. The quantitative estimate of drug-likeness (QED) is 0.239. The second-order valence-corrected chi connectivity index (χ2v) is 10.6. The van der Waals surface area contributed by atoms with Gasteiger partial charge in [0.1, 0.15) is 11.2 Å². The Balaban J connectivity index is 1.70. The van der Waals surface area contributed by atoms with Crippen LogP contribution in [-0.4, -0.2) is 49.5 Å². The van der Waals surface area contributed by atoms with Crippen LogP contribution < -0.4 is 10.1 Å². The lowest BCUT2D eigenvalue weighted by Crippen LogP contribution is -2.54. The van der Waals surface area contributed by atoms with Crippen molar-refractivity contribution in [1.82, 2.24) is 10.2 Å². The van der Waals surface area contributed by atoms with E-state index in [0.29, 0.717) is 39.0 Å². The summed E-state index contributed by atoms with van der Waals surface area (Å²) in [6, 6.07) is 7.75. The van der Waals surface area contributed by atoms with Crippen LogP contribution in [0.5, 0.6) is 5.75 Å². The molecule has 7 nitrogen and oxygen atoms in total. The minimum absolute atomic E-state index is 0.0356. The second kappa shape index (κ2) is 14.9. The van der Waals surface area contributed by atoms with Crippen molar-refractivity contribution in [2.24, 2.45) is 11.3 Å². The lowest BCUT2D eigenvalue weighted by molar-refractivity contribution is -0.162. The highest BCUT2D eigenvalue weighted by Crippen LogP contribution is 2.50. The van der Waals surface area contributed by atoms with E-state index in [0.717, 1.165) is 49.1 Å². The van der Waals surface area contributed by atoms with E-state index >= 15 is 0 Å². The van der Waals surface area contributed by atoms with Gasteiger partial charge < -0.3 is 19.7 Å². The van der Waals surface area contributed by atoms with E-state index in [2.05, 4.69) is 18.3 Å². The van der Waals surface area contributed by atoms with E-state index in [1.807, 2.05) is 36.1 Å². The number of rotatable bonds is 15. The molecular weight excluding hydrogens is 480 g/mol. The van der Waals surface area contributed by atoms with Crippen molar-refractivity contribution in [1.29, 1.82) is 0 Å². The number of piperidine rings is 1. The predicted molar refractivity (Wildman–Crippen MR) is 149 cm³/mol. The van der Waals surface area contributed by atoms with Gasteiger partial charge in [0.25, 0.3) is 0 Å². The molecule has 2 aliphatic rings. The molecule has 0 aromatic heterocycles. The van der Waals surface area contributed by atoms with Crippen molar-refractivity contribution >= 4 is 17.8 Å². The van der Waals surface area contributed by atoms with Gasteiger partial charge in [0.2, 0.25) is 11.8 Å². The maximum Gasteiger partial charge on any atom is 0.318 e. The molecule has 2 atom stereocenters. The third-order valence-electron chi connectivity index (χ3n) is 7.88. The van der Waals surface area contributed by atoms with Crippen LogP contribution in [0.4, 0.5) is 0 Å². The third kappa shape index (κ3) is 7.39. The van der Waals surface area contributed by atoms with Crippen molar-refractivity contribution in [3.05, 3.63) is 41.6 Å². The predicted octanol–water partition coefficient (Wildman–Crippen LogP) is 5.57. The Labute approximate surface area is 228 Å². The van der Waals surface area contributed by atoms with Gasteiger partial charge in [-0.05, 0) is 57.1 Å². The maximum atomic E-state index is 13.7. The van der Waals surface area contributed by atoms with E-state index in [1.54, 1.807) is 7.11 Å². The lowest BCUT2D eigenvalue weighted by Gasteiger charge is -2.48. The molecule has 210 valence electrons. The van der Waals surface area contributed by atoms with E-state index in [1.165, 1.54) is 19.3 Å². The van der Waals surface area contributed by atoms with Crippen LogP contribution >= 0.6 is 0 Å². The van der Waals surface area contributed by atoms with Crippen LogP contribution in [0.2, 0.25) is 0 Å². The first-order valence-electron chi connectivity index (χ1n) is 14.5. The molecule has 1 aliphatic heterocycles. The minimum atomic E-state index is -0.841. The van der Waals surface area contributed by atoms with Gasteiger partial charge in [-0.25, -0.2) is 0 Å². The molecule has 38 heavy (non-hydrogen) atoms. The highest BCUT2D eigenvalue weighted by Gasteiger charge is 2.54. The molecule has 0 radical (unpaired) electrons. The summed E-state index contributed by atoms with van der Waals surface area (Å²) in [5.41, 5.74) is 0.994. The van der Waals surface area contributed by atoms with E-state index in [-0.39, 0.29) is 24.2 Å². The molecular formula is C31H46N2O5. The maximum absolute atomic E-state index is 13.7. The van der Waals surface area contributed by atoms with Crippen LogP contribution in [-0.2, 0) is 25.5 Å². The third-order valence-corrected chi connectivity index (χ3v) is 7.88. The van der Waals surface area contributed by atoms with Crippen molar-refractivity contribution in [3.63, 3.8) is 0 Å². The molecule has 7 heteroatoms. The number of hydrogen-bond donors (Lipinski definition) is 1. The normalized spacial score (nSPS) is 20.9. The zero-order chi connectivity index (χ0) is 27.4. The number of unbranched alkanes of at least 4 members (excludes halogenated alkanes) is 5. The zero-order valence-corrected chi connectivity index (χ0v) is 23.6. The number of allylic oxidation sites excluding steroid dienone is 1. The van der Waals surface area contributed by atoms with Crippen LogP contribution in [0.1, 0.15) is 90.0 Å². The fourth-order valence-electron chi connectivity index (χ4n) is 5.93. The number of benzene rings is 1. The van der Waals surface area contributed by atoms with Crippen molar-refractivity contribution in [2.45, 2.75) is 90.9 Å². The number of para-hydroxylation sites is 1. The lowest BCUT2D eigenvalue weighted by atomic mass is 9.66. The van der Waals surface area contributed by atoms with Crippen LogP contribution in [0.25, 0.3) is 0 Å². The summed E-state index contributed by atoms with van der Waals surface area (Å²) in [6.07, 6.45) is 12.2. The number of hydrogen-bond acceptors (Lipinski definition) is 5. The molecule has 1 aliphatic carbocycles. The molecule has 0 saturated carbocycles. The van der Waals surface area contributed by atoms with Crippen LogP contribution in [0, 0.1) is 11.3 Å². The van der Waals surface area contributed by atoms with Gasteiger partial charge in [-0.2, -0.15) is 0 Å². The molecule has 0 unspecified atom stereocenters. The van der Waals surface area contributed by atoms with E-state index < -0.39 is 11.3 Å². The van der Waals surface area contributed by atoms with Crippen LogP contribution in [0.3, 0.4) is 0 Å². The fraction of sp³-hybridized carbons (Fsp3) is 0.645. The second-order valence-electron chi connectivity index (χ2n) is 10.6. The van der Waals surface area contributed by atoms with Gasteiger partial charge >= 0.3 is 5.97 Å². The minimum Gasteiger partial charge on any atom is -0.496 e. The van der Waals surface area contributed by atoms with Gasteiger partial charge in [-0.1, -0.05) is 63.3 Å². The molecule has 1 fully saturated rings. The molecule has 2 amide bonds. The van der Waals surface area contributed by atoms with Gasteiger partial charge in [0, 0.05) is 31.1 Å². The summed E-state index contributed by atoms with van der Waals surface area (Å²) in [6.45, 7) is 5.36. The Morgan fingerprint density at radius 1 is 1.11 bits per heavy atom.